The first kappa shape index (κ1) is 19.0. The first-order valence-corrected chi connectivity index (χ1v) is 8.04. The second kappa shape index (κ2) is 8.52. The molecule has 3 N–H and O–H groups in total. The van der Waals surface area contributed by atoms with Crippen LogP contribution < -0.4 is 5.32 Å². The number of ether oxygens (including phenoxy) is 1. The fraction of sp³-hybridized carbons (Fsp3) is 0.400. The van der Waals surface area contributed by atoms with Crippen LogP contribution in [-0.2, 0) is 27.2 Å². The Morgan fingerprint density at radius 2 is 1.74 bits per heavy atom. The van der Waals surface area contributed by atoms with Gasteiger partial charge in [0.25, 0.3) is 0 Å². The minimum Gasteiger partial charge on any atom is -0.479 e. The highest BCUT2D eigenvalue weighted by molar-refractivity contribution is 9.09. The zero-order valence-electron chi connectivity index (χ0n) is 12.5. The van der Waals surface area contributed by atoms with Gasteiger partial charge in [0.2, 0.25) is 5.54 Å². The molecule has 0 heterocycles. The number of nitrogens with one attached hydrogen (secondary N) is 1. The van der Waals surface area contributed by atoms with E-state index in [1.807, 2.05) is 5.32 Å². The van der Waals surface area contributed by atoms with Crippen LogP contribution in [0.3, 0.4) is 0 Å². The van der Waals surface area contributed by atoms with E-state index in [4.69, 9.17) is 0 Å². The highest BCUT2D eigenvalue weighted by atomic mass is 79.9. The first-order chi connectivity index (χ1) is 10.9. The number of amides is 1. The lowest BCUT2D eigenvalue weighted by atomic mass is 9.88. The van der Waals surface area contributed by atoms with Crippen LogP contribution in [0, 0.1) is 0 Å². The fourth-order valence-electron chi connectivity index (χ4n) is 2.10. The van der Waals surface area contributed by atoms with E-state index in [0.29, 0.717) is 17.3 Å². The maximum atomic E-state index is 11.6. The number of rotatable bonds is 8. The zero-order chi connectivity index (χ0) is 17.5. The van der Waals surface area contributed by atoms with E-state index < -0.39 is 23.6 Å². The van der Waals surface area contributed by atoms with Gasteiger partial charge in [-0.1, -0.05) is 40.2 Å². The van der Waals surface area contributed by atoms with Crippen LogP contribution in [0.25, 0.3) is 0 Å². The summed E-state index contributed by atoms with van der Waals surface area (Å²) in [6, 6.07) is 6.90. The van der Waals surface area contributed by atoms with E-state index in [1.54, 1.807) is 24.3 Å². The first-order valence-electron chi connectivity index (χ1n) is 6.91. The zero-order valence-corrected chi connectivity index (χ0v) is 14.1. The van der Waals surface area contributed by atoms with Gasteiger partial charge in [0.15, 0.2) is 0 Å². The molecule has 0 saturated carbocycles. The fourth-order valence-corrected chi connectivity index (χ4v) is 2.52. The third-order valence-electron chi connectivity index (χ3n) is 3.26. The number of carboxylic acid groups (broad SMARTS) is 2. The van der Waals surface area contributed by atoms with Gasteiger partial charge in [0.1, 0.15) is 0 Å². The molecule has 1 amide bonds. The van der Waals surface area contributed by atoms with E-state index in [1.165, 1.54) is 6.92 Å². The van der Waals surface area contributed by atoms with Crippen LogP contribution in [0.4, 0.5) is 4.79 Å². The Hall–Kier alpha value is -2.09. The van der Waals surface area contributed by atoms with E-state index in [0.717, 1.165) is 5.56 Å². The molecule has 0 spiro atoms. The number of alkyl halides is 1. The highest BCUT2D eigenvalue weighted by Crippen LogP contribution is 2.20. The van der Waals surface area contributed by atoms with Gasteiger partial charge in [-0.3, -0.25) is 5.32 Å². The summed E-state index contributed by atoms with van der Waals surface area (Å²) >= 11 is 3.30. The van der Waals surface area contributed by atoms with Crippen molar-refractivity contribution in [2.45, 2.75) is 25.3 Å². The molecule has 1 aromatic carbocycles. The smallest absolute Gasteiger partial charge is 0.408 e. The SMILES string of the molecule is CCOC(=O)NC(Cc1ccccc1CCBr)(C(=O)O)C(=O)O. The van der Waals surface area contributed by atoms with Gasteiger partial charge in [-0.05, 0) is 24.5 Å². The van der Waals surface area contributed by atoms with Gasteiger partial charge >= 0.3 is 18.0 Å². The molecule has 0 aliphatic carbocycles. The van der Waals surface area contributed by atoms with Gasteiger partial charge < -0.3 is 14.9 Å². The van der Waals surface area contributed by atoms with E-state index in [2.05, 4.69) is 20.7 Å². The summed E-state index contributed by atoms with van der Waals surface area (Å²) in [5, 5.41) is 21.5. The lowest BCUT2D eigenvalue weighted by Crippen LogP contribution is -2.61. The Kier molecular flexibility index (Phi) is 7.02. The largest absolute Gasteiger partial charge is 0.479 e. The Morgan fingerprint density at radius 1 is 1.17 bits per heavy atom. The van der Waals surface area contributed by atoms with Crippen LogP contribution in [0.15, 0.2) is 24.3 Å². The maximum absolute atomic E-state index is 11.6. The molecule has 0 fully saturated rings. The van der Waals surface area contributed by atoms with Crippen molar-refractivity contribution < 1.29 is 29.3 Å². The normalized spacial score (nSPS) is 10.9. The maximum Gasteiger partial charge on any atom is 0.408 e. The molecule has 0 radical (unpaired) electrons. The van der Waals surface area contributed by atoms with Crippen molar-refractivity contribution in [3.63, 3.8) is 0 Å². The van der Waals surface area contributed by atoms with Crippen molar-refractivity contribution in [3.05, 3.63) is 35.4 Å². The molecular weight excluding hydrogens is 370 g/mol. The number of hydrogen-bond donors (Lipinski definition) is 3. The number of carbonyl (C=O) groups excluding carboxylic acids is 1. The minimum absolute atomic E-state index is 0.00131. The van der Waals surface area contributed by atoms with Crippen molar-refractivity contribution >= 4 is 34.0 Å². The minimum atomic E-state index is -2.49. The summed E-state index contributed by atoms with van der Waals surface area (Å²) in [4.78, 5) is 34.8. The summed E-state index contributed by atoms with van der Waals surface area (Å²) in [7, 11) is 0. The number of benzene rings is 1. The molecule has 7 nitrogen and oxygen atoms in total. The Morgan fingerprint density at radius 3 is 2.22 bits per heavy atom. The number of aliphatic carboxylic acids is 2. The number of aryl methyl sites for hydroxylation is 1. The third-order valence-corrected chi connectivity index (χ3v) is 3.66. The predicted molar refractivity (Wildman–Crippen MR) is 85.8 cm³/mol. The highest BCUT2D eigenvalue weighted by Gasteiger charge is 2.49. The van der Waals surface area contributed by atoms with Gasteiger partial charge in [-0.15, -0.1) is 0 Å². The predicted octanol–water partition coefficient (Wildman–Crippen LogP) is 1.82. The van der Waals surface area contributed by atoms with E-state index in [9.17, 15) is 24.6 Å². The standard InChI is InChI=1S/C15H18BrNO6/c1-2-23-14(22)17-15(12(18)19,13(20)21)9-11-6-4-3-5-10(11)7-8-16/h3-6H,2,7-9H2,1H3,(H,17,22)(H,18,19)(H,20,21). The molecule has 23 heavy (non-hydrogen) atoms. The quantitative estimate of drug-likeness (QED) is 0.463. The number of carbonyl (C=O) groups is 3. The number of carboxylic acids is 2. The van der Waals surface area contributed by atoms with Crippen molar-refractivity contribution in [2.75, 3.05) is 11.9 Å². The van der Waals surface area contributed by atoms with Gasteiger partial charge in [0.05, 0.1) is 6.61 Å². The molecule has 1 rings (SSSR count). The Balaban J connectivity index is 3.23. The monoisotopic (exact) mass is 387 g/mol. The summed E-state index contributed by atoms with van der Waals surface area (Å²) in [5.74, 6) is -3.32. The summed E-state index contributed by atoms with van der Waals surface area (Å²) in [6.45, 7) is 1.54. The molecule has 0 aromatic heterocycles. The van der Waals surface area contributed by atoms with Crippen LogP contribution in [-0.4, -0.2) is 45.7 Å². The lowest BCUT2D eigenvalue weighted by Gasteiger charge is -2.26. The average Bonchev–Trinajstić information content (AvgIpc) is 2.48. The van der Waals surface area contributed by atoms with E-state index >= 15 is 0 Å². The molecular formula is C15H18BrNO6. The third kappa shape index (κ3) is 4.69. The Labute approximate surface area is 141 Å². The molecule has 0 atom stereocenters. The molecule has 0 unspecified atom stereocenters. The lowest BCUT2D eigenvalue weighted by molar-refractivity contribution is -0.158. The number of halogens is 1. The molecule has 126 valence electrons. The van der Waals surface area contributed by atoms with Gasteiger partial charge in [-0.2, -0.15) is 0 Å². The molecule has 0 aliphatic rings. The van der Waals surface area contributed by atoms with Crippen LogP contribution in [0.5, 0.6) is 0 Å². The summed E-state index contributed by atoms with van der Waals surface area (Å²) in [5.41, 5.74) is -1.15. The molecule has 0 bridgehead atoms. The van der Waals surface area contributed by atoms with Gasteiger partial charge in [0, 0.05) is 11.8 Å². The van der Waals surface area contributed by atoms with Crippen LogP contribution >= 0.6 is 15.9 Å². The molecule has 8 heteroatoms. The topological polar surface area (TPSA) is 113 Å². The molecule has 0 aliphatic heterocycles. The van der Waals surface area contributed by atoms with Crippen molar-refractivity contribution in [2.24, 2.45) is 0 Å². The van der Waals surface area contributed by atoms with Crippen LogP contribution in [0.1, 0.15) is 18.1 Å². The second-order valence-electron chi connectivity index (χ2n) is 4.75. The van der Waals surface area contributed by atoms with E-state index in [-0.39, 0.29) is 13.0 Å². The number of hydrogen-bond acceptors (Lipinski definition) is 4. The Bertz CT molecular complexity index is 575. The molecule has 0 saturated heterocycles. The second-order valence-corrected chi connectivity index (χ2v) is 5.54. The van der Waals surface area contributed by atoms with Crippen molar-refractivity contribution in [3.8, 4) is 0 Å². The average molecular weight is 388 g/mol. The summed E-state index contributed by atoms with van der Waals surface area (Å²) in [6.07, 6.45) is -0.875. The molecule has 1 aromatic rings. The van der Waals surface area contributed by atoms with Gasteiger partial charge in [-0.25, -0.2) is 14.4 Å². The number of alkyl carbamates (subject to hydrolysis) is 1. The summed E-state index contributed by atoms with van der Waals surface area (Å²) < 4.78 is 4.63. The van der Waals surface area contributed by atoms with Crippen molar-refractivity contribution in [1.29, 1.82) is 0 Å². The van der Waals surface area contributed by atoms with Crippen molar-refractivity contribution in [1.82, 2.24) is 5.32 Å². The van der Waals surface area contributed by atoms with Crippen LogP contribution in [0.2, 0.25) is 0 Å².